The van der Waals surface area contributed by atoms with Gasteiger partial charge in [-0.15, -0.1) is 0 Å². The zero-order chi connectivity index (χ0) is 21.9. The smallest absolute Gasteiger partial charge is 0.320 e. The Labute approximate surface area is 188 Å². The Balaban J connectivity index is 1.10. The number of benzene rings is 2. The zero-order valence-corrected chi connectivity index (χ0v) is 18.4. The van der Waals surface area contributed by atoms with Crippen LogP contribution in [0.1, 0.15) is 18.4 Å². The van der Waals surface area contributed by atoms with E-state index in [-0.39, 0.29) is 0 Å². The number of urea groups is 1. The van der Waals surface area contributed by atoms with Gasteiger partial charge < -0.3 is 20.4 Å². The Morgan fingerprint density at radius 2 is 1.91 bits per heavy atom. The molecule has 5 rings (SSSR count). The van der Waals surface area contributed by atoms with Gasteiger partial charge in [0.2, 0.25) is 0 Å². The minimum atomic E-state index is -0.414. The molecule has 2 aromatic carbocycles. The maximum absolute atomic E-state index is 12.0. The molecule has 7 nitrogen and oxygen atoms in total. The van der Waals surface area contributed by atoms with Crippen molar-refractivity contribution in [2.45, 2.75) is 19.3 Å². The molecule has 0 aliphatic carbocycles. The molecule has 1 fully saturated rings. The summed E-state index contributed by atoms with van der Waals surface area (Å²) >= 11 is 0. The largest absolute Gasteiger partial charge is 0.491 e. The lowest BCUT2D eigenvalue weighted by atomic mass is 10.1. The SMILES string of the molecule is NC(=O)N(CCCCN1CCN(c2cccc3c2OCC3)CC1)c1cc2ccccc2[nH]1. The van der Waals surface area contributed by atoms with Crippen LogP contribution in [0.3, 0.4) is 0 Å². The van der Waals surface area contributed by atoms with Gasteiger partial charge in [-0.1, -0.05) is 30.3 Å². The van der Waals surface area contributed by atoms with E-state index in [4.69, 9.17) is 10.5 Å². The zero-order valence-electron chi connectivity index (χ0n) is 18.4. The fourth-order valence-electron chi connectivity index (χ4n) is 4.82. The van der Waals surface area contributed by atoms with Gasteiger partial charge in [-0.25, -0.2) is 4.79 Å². The number of H-pyrrole nitrogens is 1. The third kappa shape index (κ3) is 4.25. The molecule has 7 heteroatoms. The second-order valence-electron chi connectivity index (χ2n) is 8.63. The first kappa shape index (κ1) is 20.7. The van der Waals surface area contributed by atoms with Gasteiger partial charge in [0.1, 0.15) is 11.6 Å². The van der Waals surface area contributed by atoms with Crippen molar-refractivity contribution in [2.24, 2.45) is 5.73 Å². The molecule has 0 spiro atoms. The summed E-state index contributed by atoms with van der Waals surface area (Å²) in [6, 6.07) is 16.1. The third-order valence-electron chi connectivity index (χ3n) is 6.59. The van der Waals surface area contributed by atoms with Crippen molar-refractivity contribution in [3.63, 3.8) is 0 Å². The number of primary amides is 1. The number of para-hydroxylation sites is 2. The van der Waals surface area contributed by atoms with Crippen LogP contribution in [-0.4, -0.2) is 61.8 Å². The van der Waals surface area contributed by atoms with E-state index in [0.29, 0.717) is 6.54 Å². The first-order valence-corrected chi connectivity index (χ1v) is 11.6. The number of nitrogens with zero attached hydrogens (tertiary/aromatic N) is 3. The van der Waals surface area contributed by atoms with Gasteiger partial charge in [-0.2, -0.15) is 0 Å². The van der Waals surface area contributed by atoms with Crippen LogP contribution < -0.4 is 20.3 Å². The molecule has 3 aromatic rings. The predicted octanol–water partition coefficient (Wildman–Crippen LogP) is 3.59. The Morgan fingerprint density at radius 1 is 1.06 bits per heavy atom. The number of nitrogens with two attached hydrogens (primary N) is 1. The van der Waals surface area contributed by atoms with E-state index >= 15 is 0 Å². The number of aromatic nitrogens is 1. The molecule has 0 bridgehead atoms. The van der Waals surface area contributed by atoms with E-state index in [1.54, 1.807) is 4.90 Å². The quantitative estimate of drug-likeness (QED) is 0.558. The maximum atomic E-state index is 12.0. The number of carbonyl (C=O) groups is 1. The summed E-state index contributed by atoms with van der Waals surface area (Å²) in [5, 5.41) is 1.08. The van der Waals surface area contributed by atoms with E-state index in [2.05, 4.69) is 33.0 Å². The van der Waals surface area contributed by atoms with Crippen molar-refractivity contribution >= 4 is 28.4 Å². The molecule has 0 unspecified atom stereocenters. The predicted molar refractivity (Wildman–Crippen MR) is 129 cm³/mol. The van der Waals surface area contributed by atoms with Crippen LogP contribution in [-0.2, 0) is 6.42 Å². The van der Waals surface area contributed by atoms with Crippen LogP contribution in [0.5, 0.6) is 5.75 Å². The van der Waals surface area contributed by atoms with Crippen molar-refractivity contribution in [3.8, 4) is 5.75 Å². The number of fused-ring (bicyclic) bond motifs is 2. The van der Waals surface area contributed by atoms with E-state index in [0.717, 1.165) is 81.1 Å². The molecule has 168 valence electrons. The molecule has 2 amide bonds. The number of carbonyl (C=O) groups excluding carboxylic acids is 1. The van der Waals surface area contributed by atoms with Crippen molar-refractivity contribution < 1.29 is 9.53 Å². The third-order valence-corrected chi connectivity index (χ3v) is 6.59. The van der Waals surface area contributed by atoms with Crippen molar-refractivity contribution in [1.29, 1.82) is 0 Å². The summed E-state index contributed by atoms with van der Waals surface area (Å²) in [4.78, 5) is 21.9. The van der Waals surface area contributed by atoms with Gasteiger partial charge >= 0.3 is 6.03 Å². The number of unbranched alkanes of at least 4 members (excludes halogenated alkanes) is 1. The highest BCUT2D eigenvalue weighted by atomic mass is 16.5. The van der Waals surface area contributed by atoms with Crippen molar-refractivity contribution in [2.75, 3.05) is 55.7 Å². The lowest BCUT2D eigenvalue weighted by molar-refractivity contribution is 0.248. The van der Waals surface area contributed by atoms with Crippen LogP contribution in [0, 0.1) is 0 Å². The lowest BCUT2D eigenvalue weighted by Gasteiger charge is -2.36. The van der Waals surface area contributed by atoms with Gasteiger partial charge in [0.15, 0.2) is 0 Å². The minimum absolute atomic E-state index is 0.414. The molecule has 3 N–H and O–H groups in total. The molecular formula is C25H31N5O2. The summed E-state index contributed by atoms with van der Waals surface area (Å²) in [5.74, 6) is 1.86. The highest BCUT2D eigenvalue weighted by Crippen LogP contribution is 2.36. The number of piperazine rings is 1. The van der Waals surface area contributed by atoms with E-state index in [9.17, 15) is 4.79 Å². The van der Waals surface area contributed by atoms with Gasteiger partial charge in [-0.3, -0.25) is 9.80 Å². The van der Waals surface area contributed by atoms with E-state index < -0.39 is 6.03 Å². The second kappa shape index (κ2) is 9.12. The highest BCUT2D eigenvalue weighted by Gasteiger charge is 2.23. The molecule has 1 saturated heterocycles. The maximum Gasteiger partial charge on any atom is 0.320 e. The fourth-order valence-corrected chi connectivity index (χ4v) is 4.82. The van der Waals surface area contributed by atoms with Crippen LogP contribution >= 0.6 is 0 Å². The number of aromatic amines is 1. The molecule has 2 aliphatic heterocycles. The molecule has 0 radical (unpaired) electrons. The molecule has 2 aliphatic rings. The van der Waals surface area contributed by atoms with Crippen LogP contribution in [0.2, 0.25) is 0 Å². The first-order valence-electron chi connectivity index (χ1n) is 11.6. The number of hydrogen-bond donors (Lipinski definition) is 2. The monoisotopic (exact) mass is 433 g/mol. The number of anilines is 2. The Kier molecular flexibility index (Phi) is 5.90. The molecule has 32 heavy (non-hydrogen) atoms. The van der Waals surface area contributed by atoms with Crippen LogP contribution in [0.25, 0.3) is 10.9 Å². The van der Waals surface area contributed by atoms with Crippen molar-refractivity contribution in [1.82, 2.24) is 9.88 Å². The molecule has 0 atom stereocenters. The molecule has 1 aromatic heterocycles. The number of nitrogens with one attached hydrogen (secondary N) is 1. The number of hydrogen-bond acceptors (Lipinski definition) is 4. The van der Waals surface area contributed by atoms with Crippen molar-refractivity contribution in [3.05, 3.63) is 54.1 Å². The summed E-state index contributed by atoms with van der Waals surface area (Å²) in [6.07, 6.45) is 2.97. The average molecular weight is 434 g/mol. The van der Waals surface area contributed by atoms with Gasteiger partial charge in [0.05, 0.1) is 12.3 Å². The van der Waals surface area contributed by atoms with Gasteiger partial charge in [-0.05, 0) is 43.1 Å². The average Bonchev–Trinajstić information content (AvgIpc) is 3.46. The number of amides is 2. The van der Waals surface area contributed by atoms with Gasteiger partial charge in [0, 0.05) is 50.0 Å². The van der Waals surface area contributed by atoms with E-state index in [1.807, 2.05) is 30.3 Å². The van der Waals surface area contributed by atoms with Crippen LogP contribution in [0.4, 0.5) is 16.3 Å². The molecular weight excluding hydrogens is 402 g/mol. The Hall–Kier alpha value is -3.19. The topological polar surface area (TPSA) is 77.8 Å². The molecule has 3 heterocycles. The summed E-state index contributed by atoms with van der Waals surface area (Å²) in [7, 11) is 0. The standard InChI is InChI=1S/C25H31N5O2/c26-25(31)30(23-18-20-6-1-2-8-21(20)27-23)12-4-3-11-28-13-15-29(16-14-28)22-9-5-7-19-10-17-32-24(19)22/h1-2,5-9,18,27H,3-4,10-17H2,(H2,26,31). The number of rotatable bonds is 7. The second-order valence-corrected chi connectivity index (χ2v) is 8.63. The summed E-state index contributed by atoms with van der Waals surface area (Å²) in [6.45, 7) is 6.58. The minimum Gasteiger partial charge on any atom is -0.491 e. The normalized spacial score (nSPS) is 16.2. The van der Waals surface area contributed by atoms with Gasteiger partial charge in [0.25, 0.3) is 0 Å². The number of ether oxygens (including phenoxy) is 1. The Bertz CT molecular complexity index is 1050. The summed E-state index contributed by atoms with van der Waals surface area (Å²) in [5.41, 5.74) is 9.26. The molecule has 0 saturated carbocycles. The highest BCUT2D eigenvalue weighted by molar-refractivity contribution is 5.94. The van der Waals surface area contributed by atoms with E-state index in [1.165, 1.54) is 11.3 Å². The lowest BCUT2D eigenvalue weighted by Crippen LogP contribution is -2.46. The summed E-state index contributed by atoms with van der Waals surface area (Å²) < 4.78 is 5.89. The first-order chi connectivity index (χ1) is 15.7. The Morgan fingerprint density at radius 3 is 2.72 bits per heavy atom. The fraction of sp³-hybridized carbons (Fsp3) is 0.400. The van der Waals surface area contributed by atoms with Crippen LogP contribution in [0.15, 0.2) is 48.5 Å².